The highest BCUT2D eigenvalue weighted by Gasteiger charge is 2.15. The summed E-state index contributed by atoms with van der Waals surface area (Å²) < 4.78 is 0. The molecule has 0 aromatic carbocycles. The van der Waals surface area contributed by atoms with Crippen molar-refractivity contribution in [1.29, 1.82) is 0 Å². The zero-order valence-corrected chi connectivity index (χ0v) is 13.9. The van der Waals surface area contributed by atoms with Gasteiger partial charge in [-0.3, -0.25) is 0 Å². The molecule has 1 heterocycles. The zero-order chi connectivity index (χ0) is 14.5. The van der Waals surface area contributed by atoms with Crippen LogP contribution < -0.4 is 0 Å². The van der Waals surface area contributed by atoms with Crippen molar-refractivity contribution < 1.29 is 9.78 Å². The second-order valence-corrected chi connectivity index (χ2v) is 6.84. The molecule has 1 atom stereocenters. The third-order valence-corrected chi connectivity index (χ3v) is 4.28. The second-order valence-electron chi connectivity index (χ2n) is 6.84. The topological polar surface area (TPSA) is 18.5 Å². The van der Waals surface area contributed by atoms with E-state index in [0.717, 1.165) is 18.9 Å². The Kier molecular flexibility index (Phi) is 11.4. The third kappa shape index (κ3) is 10.7. The van der Waals surface area contributed by atoms with Gasteiger partial charge in [0.1, 0.15) is 0 Å². The molecule has 0 N–H and O–H groups in total. The Morgan fingerprint density at radius 1 is 0.800 bits per heavy atom. The molecule has 1 fully saturated rings. The summed E-state index contributed by atoms with van der Waals surface area (Å²) >= 11 is 0. The van der Waals surface area contributed by atoms with Crippen LogP contribution in [0.25, 0.3) is 0 Å². The van der Waals surface area contributed by atoms with Gasteiger partial charge in [0.05, 0.1) is 12.7 Å². The molecule has 120 valence electrons. The number of rotatable bonds is 13. The molecule has 1 unspecified atom stereocenters. The van der Waals surface area contributed by atoms with Crippen molar-refractivity contribution in [2.45, 2.75) is 103 Å². The van der Waals surface area contributed by atoms with Crippen LogP contribution in [0, 0.1) is 5.92 Å². The smallest absolute Gasteiger partial charge is 0.0953 e. The summed E-state index contributed by atoms with van der Waals surface area (Å²) in [5.74, 6) is 0.885. The average Bonchev–Trinajstić information content (AvgIpc) is 2.93. The fraction of sp³-hybridized carbons (Fsp3) is 1.00. The Balaban J connectivity index is 1.68. The first-order valence-electron chi connectivity index (χ1n) is 9.07. The fourth-order valence-electron chi connectivity index (χ4n) is 2.90. The Labute approximate surface area is 126 Å². The lowest BCUT2D eigenvalue weighted by atomic mass is 10.0. The van der Waals surface area contributed by atoms with Crippen molar-refractivity contribution in [3.63, 3.8) is 0 Å². The summed E-state index contributed by atoms with van der Waals surface area (Å²) in [5.41, 5.74) is 0. The summed E-state index contributed by atoms with van der Waals surface area (Å²) in [7, 11) is 0. The first-order chi connectivity index (χ1) is 9.79. The van der Waals surface area contributed by atoms with E-state index in [1.54, 1.807) is 0 Å². The molecule has 20 heavy (non-hydrogen) atoms. The minimum Gasteiger partial charge on any atom is -0.236 e. The van der Waals surface area contributed by atoms with Gasteiger partial charge in [-0.15, -0.1) is 0 Å². The lowest BCUT2D eigenvalue weighted by Gasteiger charge is -2.06. The van der Waals surface area contributed by atoms with E-state index < -0.39 is 0 Å². The predicted octanol–water partition coefficient (Wildman–Crippen LogP) is 6.04. The van der Waals surface area contributed by atoms with Gasteiger partial charge in [0.2, 0.25) is 0 Å². The lowest BCUT2D eigenvalue weighted by Crippen LogP contribution is -2.03. The van der Waals surface area contributed by atoms with Crippen molar-refractivity contribution in [2.24, 2.45) is 5.92 Å². The van der Waals surface area contributed by atoms with Crippen molar-refractivity contribution >= 4 is 0 Å². The SMILES string of the molecule is CC(C)CCCCCCCCCCCCC1CCOO1. The summed E-state index contributed by atoms with van der Waals surface area (Å²) in [5, 5.41) is 0. The Hall–Kier alpha value is -0.0800. The van der Waals surface area contributed by atoms with Gasteiger partial charge >= 0.3 is 0 Å². The van der Waals surface area contributed by atoms with Gasteiger partial charge in [-0.05, 0) is 12.3 Å². The Bertz CT molecular complexity index is 198. The molecule has 0 saturated carbocycles. The van der Waals surface area contributed by atoms with Crippen LogP contribution in [-0.2, 0) is 9.78 Å². The molecule has 0 bridgehead atoms. The molecule has 1 aliphatic rings. The van der Waals surface area contributed by atoms with Gasteiger partial charge in [0.15, 0.2) is 0 Å². The molecule has 0 radical (unpaired) electrons. The Morgan fingerprint density at radius 3 is 1.85 bits per heavy atom. The van der Waals surface area contributed by atoms with E-state index in [-0.39, 0.29) is 0 Å². The van der Waals surface area contributed by atoms with Crippen LogP contribution in [0.5, 0.6) is 0 Å². The van der Waals surface area contributed by atoms with Crippen LogP contribution in [0.2, 0.25) is 0 Å². The molecule has 0 aromatic rings. The lowest BCUT2D eigenvalue weighted by molar-refractivity contribution is -0.275. The average molecular weight is 284 g/mol. The summed E-state index contributed by atoms with van der Waals surface area (Å²) in [6, 6.07) is 0. The molecule has 0 spiro atoms. The van der Waals surface area contributed by atoms with Crippen molar-refractivity contribution in [3.8, 4) is 0 Å². The highest BCUT2D eigenvalue weighted by Crippen LogP contribution is 2.17. The molecule has 2 nitrogen and oxygen atoms in total. The largest absolute Gasteiger partial charge is 0.236 e. The van der Waals surface area contributed by atoms with Crippen molar-refractivity contribution in [1.82, 2.24) is 0 Å². The minimum atomic E-state index is 0.390. The van der Waals surface area contributed by atoms with Crippen LogP contribution in [-0.4, -0.2) is 12.7 Å². The van der Waals surface area contributed by atoms with Crippen LogP contribution in [0.3, 0.4) is 0 Å². The standard InChI is InChI=1S/C18H36O2/c1-17(2)13-11-9-7-5-3-4-6-8-10-12-14-18-15-16-19-20-18/h17-18H,3-16H2,1-2H3. The van der Waals surface area contributed by atoms with E-state index in [2.05, 4.69) is 13.8 Å². The maximum Gasteiger partial charge on any atom is 0.0953 e. The van der Waals surface area contributed by atoms with Crippen LogP contribution in [0.1, 0.15) is 97.3 Å². The van der Waals surface area contributed by atoms with E-state index in [1.165, 1.54) is 77.0 Å². The highest BCUT2D eigenvalue weighted by atomic mass is 17.2. The molecule has 1 saturated heterocycles. The molecule has 1 rings (SSSR count). The summed E-state index contributed by atoms with van der Waals surface area (Å²) in [6.07, 6.45) is 18.3. The molecular weight excluding hydrogens is 248 g/mol. The fourth-order valence-corrected chi connectivity index (χ4v) is 2.90. The van der Waals surface area contributed by atoms with Gasteiger partial charge in [0.25, 0.3) is 0 Å². The minimum absolute atomic E-state index is 0.390. The first kappa shape index (κ1) is 18.0. The number of unbranched alkanes of at least 4 members (excludes halogenated alkanes) is 9. The first-order valence-corrected chi connectivity index (χ1v) is 9.07. The van der Waals surface area contributed by atoms with Gasteiger partial charge in [0, 0.05) is 6.42 Å². The highest BCUT2D eigenvalue weighted by molar-refractivity contribution is 4.59. The van der Waals surface area contributed by atoms with E-state index in [0.29, 0.717) is 6.10 Å². The van der Waals surface area contributed by atoms with Crippen LogP contribution >= 0.6 is 0 Å². The quantitative estimate of drug-likeness (QED) is 0.303. The molecule has 1 aliphatic heterocycles. The van der Waals surface area contributed by atoms with E-state index in [4.69, 9.17) is 9.78 Å². The molecular formula is C18H36O2. The monoisotopic (exact) mass is 284 g/mol. The van der Waals surface area contributed by atoms with Gasteiger partial charge in [-0.25, -0.2) is 9.78 Å². The van der Waals surface area contributed by atoms with E-state index in [9.17, 15) is 0 Å². The number of hydrogen-bond donors (Lipinski definition) is 0. The van der Waals surface area contributed by atoms with Crippen LogP contribution in [0.15, 0.2) is 0 Å². The van der Waals surface area contributed by atoms with Gasteiger partial charge < -0.3 is 0 Å². The second kappa shape index (κ2) is 12.6. The van der Waals surface area contributed by atoms with Gasteiger partial charge in [-0.2, -0.15) is 0 Å². The van der Waals surface area contributed by atoms with Crippen LogP contribution in [0.4, 0.5) is 0 Å². The predicted molar refractivity (Wildman–Crippen MR) is 85.7 cm³/mol. The molecule has 0 amide bonds. The van der Waals surface area contributed by atoms with E-state index in [1.807, 2.05) is 0 Å². The van der Waals surface area contributed by atoms with Crippen molar-refractivity contribution in [3.05, 3.63) is 0 Å². The third-order valence-electron chi connectivity index (χ3n) is 4.28. The maximum absolute atomic E-state index is 5.16. The maximum atomic E-state index is 5.16. The summed E-state index contributed by atoms with van der Waals surface area (Å²) in [4.78, 5) is 10.1. The Morgan fingerprint density at radius 2 is 1.35 bits per heavy atom. The number of hydrogen-bond acceptors (Lipinski definition) is 2. The normalized spacial score (nSPS) is 19.1. The zero-order valence-electron chi connectivity index (χ0n) is 13.9. The van der Waals surface area contributed by atoms with Gasteiger partial charge in [-0.1, -0.05) is 84.5 Å². The summed E-state index contributed by atoms with van der Waals surface area (Å²) in [6.45, 7) is 5.44. The molecule has 2 heteroatoms. The van der Waals surface area contributed by atoms with Crippen molar-refractivity contribution in [2.75, 3.05) is 6.61 Å². The molecule has 0 aliphatic carbocycles. The van der Waals surface area contributed by atoms with E-state index >= 15 is 0 Å². The molecule has 0 aromatic heterocycles.